The molecule has 152 valence electrons. The lowest BCUT2D eigenvalue weighted by Crippen LogP contribution is -2.28. The normalized spacial score (nSPS) is 17.3. The third-order valence-electron chi connectivity index (χ3n) is 4.88. The van der Waals surface area contributed by atoms with Gasteiger partial charge in [-0.3, -0.25) is 9.36 Å². The van der Waals surface area contributed by atoms with Gasteiger partial charge in [0.15, 0.2) is 10.9 Å². The lowest BCUT2D eigenvalue weighted by Gasteiger charge is -2.15. The van der Waals surface area contributed by atoms with Crippen LogP contribution in [0.25, 0.3) is 11.6 Å². The van der Waals surface area contributed by atoms with E-state index in [9.17, 15) is 4.79 Å². The lowest BCUT2D eigenvalue weighted by molar-refractivity contribution is -0.119. The van der Waals surface area contributed by atoms with Crippen molar-refractivity contribution in [2.24, 2.45) is 0 Å². The molecule has 0 spiro atoms. The number of hydrogen-bond donors (Lipinski definition) is 1. The summed E-state index contributed by atoms with van der Waals surface area (Å²) in [7, 11) is 0. The molecule has 3 heterocycles. The number of carbonyl (C=O) groups is 1. The van der Waals surface area contributed by atoms with E-state index in [0.717, 1.165) is 25.0 Å². The van der Waals surface area contributed by atoms with Crippen molar-refractivity contribution in [2.75, 3.05) is 12.4 Å². The summed E-state index contributed by atoms with van der Waals surface area (Å²) in [6.07, 6.45) is 3.82. The summed E-state index contributed by atoms with van der Waals surface area (Å²) in [5, 5.41) is 12.3. The molecule has 1 N–H and O–H groups in total. The average Bonchev–Trinajstić information content (AvgIpc) is 3.50. The maximum Gasteiger partial charge on any atom is 0.230 e. The zero-order valence-electron chi connectivity index (χ0n) is 16.3. The molecule has 0 radical (unpaired) electrons. The molecule has 1 amide bonds. The Kier molecular flexibility index (Phi) is 6.31. The molecular formula is C21H24N4O3S. The highest BCUT2D eigenvalue weighted by Crippen LogP contribution is 2.27. The Morgan fingerprint density at radius 1 is 1.28 bits per heavy atom. The summed E-state index contributed by atoms with van der Waals surface area (Å²) >= 11 is 1.37. The van der Waals surface area contributed by atoms with Crippen LogP contribution >= 0.6 is 11.8 Å². The van der Waals surface area contributed by atoms with Crippen molar-refractivity contribution in [3.63, 3.8) is 0 Å². The third-order valence-corrected chi connectivity index (χ3v) is 5.84. The SMILES string of the molecule is CC(NC(=O)CSc1nnc(-c2ccco2)n1CC1CCCO1)c1ccccc1. The fraction of sp³-hybridized carbons (Fsp3) is 0.381. The van der Waals surface area contributed by atoms with Crippen LogP contribution in [0.1, 0.15) is 31.4 Å². The number of thioether (sulfide) groups is 1. The Bertz CT molecular complexity index is 921. The first-order valence-electron chi connectivity index (χ1n) is 9.76. The minimum absolute atomic E-state index is 0.0439. The predicted octanol–water partition coefficient (Wildman–Crippen LogP) is 3.69. The molecule has 1 saturated heterocycles. The fourth-order valence-corrected chi connectivity index (χ4v) is 4.14. The minimum atomic E-state index is -0.0484. The van der Waals surface area contributed by atoms with Gasteiger partial charge in [-0.15, -0.1) is 10.2 Å². The van der Waals surface area contributed by atoms with Crippen LogP contribution in [0.15, 0.2) is 58.3 Å². The van der Waals surface area contributed by atoms with Gasteiger partial charge in [-0.05, 0) is 37.5 Å². The largest absolute Gasteiger partial charge is 0.461 e. The summed E-state index contributed by atoms with van der Waals surface area (Å²) in [6.45, 7) is 3.41. The van der Waals surface area contributed by atoms with Crippen LogP contribution in [0, 0.1) is 0 Å². The smallest absolute Gasteiger partial charge is 0.230 e. The lowest BCUT2D eigenvalue weighted by atomic mass is 10.1. The molecular weight excluding hydrogens is 388 g/mol. The Balaban J connectivity index is 1.43. The fourth-order valence-electron chi connectivity index (χ4n) is 3.38. The Morgan fingerprint density at radius 2 is 2.14 bits per heavy atom. The van der Waals surface area contributed by atoms with E-state index < -0.39 is 0 Å². The van der Waals surface area contributed by atoms with E-state index >= 15 is 0 Å². The molecule has 3 aromatic rings. The molecule has 1 fully saturated rings. The van der Waals surface area contributed by atoms with Crippen LogP contribution in [0.2, 0.25) is 0 Å². The van der Waals surface area contributed by atoms with Gasteiger partial charge in [-0.1, -0.05) is 42.1 Å². The van der Waals surface area contributed by atoms with E-state index in [4.69, 9.17) is 9.15 Å². The molecule has 1 aliphatic rings. The number of benzene rings is 1. The van der Waals surface area contributed by atoms with Gasteiger partial charge in [-0.25, -0.2) is 0 Å². The molecule has 7 nitrogen and oxygen atoms in total. The van der Waals surface area contributed by atoms with Crippen LogP contribution < -0.4 is 5.32 Å². The van der Waals surface area contributed by atoms with Crippen molar-refractivity contribution in [1.29, 1.82) is 0 Å². The maximum absolute atomic E-state index is 12.5. The number of amides is 1. The Labute approximate surface area is 173 Å². The molecule has 2 aromatic heterocycles. The number of hydrogen-bond acceptors (Lipinski definition) is 6. The minimum Gasteiger partial charge on any atom is -0.461 e. The van der Waals surface area contributed by atoms with Gasteiger partial charge in [0, 0.05) is 6.61 Å². The van der Waals surface area contributed by atoms with Crippen LogP contribution in [-0.2, 0) is 16.1 Å². The summed E-state index contributed by atoms with van der Waals surface area (Å²) in [5.41, 5.74) is 1.08. The molecule has 4 rings (SSSR count). The zero-order chi connectivity index (χ0) is 20.1. The van der Waals surface area contributed by atoms with Crippen LogP contribution in [0.4, 0.5) is 0 Å². The highest BCUT2D eigenvalue weighted by Gasteiger charge is 2.23. The highest BCUT2D eigenvalue weighted by atomic mass is 32.2. The van der Waals surface area contributed by atoms with Crippen molar-refractivity contribution in [2.45, 2.75) is 43.6 Å². The predicted molar refractivity (Wildman–Crippen MR) is 110 cm³/mol. The number of carbonyl (C=O) groups excluding carboxylic acids is 1. The molecule has 8 heteroatoms. The van der Waals surface area contributed by atoms with Gasteiger partial charge in [0.05, 0.1) is 30.7 Å². The van der Waals surface area contributed by atoms with Crippen molar-refractivity contribution in [1.82, 2.24) is 20.1 Å². The van der Waals surface area contributed by atoms with Crippen LogP contribution in [0.3, 0.4) is 0 Å². The monoisotopic (exact) mass is 412 g/mol. The number of aromatic nitrogens is 3. The molecule has 0 saturated carbocycles. The molecule has 1 aromatic carbocycles. The van der Waals surface area contributed by atoms with E-state index in [1.807, 2.05) is 54.0 Å². The number of nitrogens with zero attached hydrogens (tertiary/aromatic N) is 3. The van der Waals surface area contributed by atoms with Crippen LogP contribution in [-0.4, -0.2) is 39.1 Å². The summed E-state index contributed by atoms with van der Waals surface area (Å²) in [4.78, 5) is 12.5. The Hall–Kier alpha value is -2.58. The maximum atomic E-state index is 12.5. The first-order valence-corrected chi connectivity index (χ1v) is 10.7. The van der Waals surface area contributed by atoms with Gasteiger partial charge in [0.1, 0.15) is 0 Å². The van der Waals surface area contributed by atoms with Crippen molar-refractivity contribution in [3.05, 3.63) is 54.3 Å². The van der Waals surface area contributed by atoms with E-state index in [1.165, 1.54) is 11.8 Å². The number of ether oxygens (including phenoxy) is 1. The van der Waals surface area contributed by atoms with E-state index in [-0.39, 0.29) is 23.8 Å². The van der Waals surface area contributed by atoms with E-state index in [0.29, 0.717) is 23.3 Å². The first kappa shape index (κ1) is 19.7. The average molecular weight is 413 g/mol. The number of furan rings is 1. The zero-order valence-corrected chi connectivity index (χ0v) is 17.1. The first-order chi connectivity index (χ1) is 14.2. The second-order valence-corrected chi connectivity index (χ2v) is 7.96. The summed E-state index contributed by atoms with van der Waals surface area (Å²) in [6, 6.07) is 13.5. The van der Waals surface area contributed by atoms with Crippen LogP contribution in [0.5, 0.6) is 0 Å². The molecule has 29 heavy (non-hydrogen) atoms. The second-order valence-electron chi connectivity index (χ2n) is 7.02. The van der Waals surface area contributed by atoms with Gasteiger partial charge in [0.25, 0.3) is 0 Å². The van der Waals surface area contributed by atoms with E-state index in [1.54, 1.807) is 6.26 Å². The number of nitrogens with one attached hydrogen (secondary N) is 1. The third kappa shape index (κ3) is 4.89. The molecule has 2 atom stereocenters. The second kappa shape index (κ2) is 9.28. The summed E-state index contributed by atoms with van der Waals surface area (Å²) in [5.74, 6) is 1.53. The highest BCUT2D eigenvalue weighted by molar-refractivity contribution is 7.99. The molecule has 0 aliphatic carbocycles. The van der Waals surface area contributed by atoms with E-state index in [2.05, 4.69) is 15.5 Å². The summed E-state index contributed by atoms with van der Waals surface area (Å²) < 4.78 is 13.3. The standard InChI is InChI=1S/C21H24N4O3S/c1-15(16-7-3-2-4-8-16)22-19(26)14-29-21-24-23-20(18-10-6-12-28-18)25(21)13-17-9-5-11-27-17/h2-4,6-8,10,12,15,17H,5,9,11,13-14H2,1H3,(H,22,26). The quantitative estimate of drug-likeness (QED) is 0.568. The van der Waals surface area contributed by atoms with Crippen molar-refractivity contribution < 1.29 is 13.9 Å². The van der Waals surface area contributed by atoms with Crippen molar-refractivity contribution >= 4 is 17.7 Å². The molecule has 0 bridgehead atoms. The van der Waals surface area contributed by atoms with Gasteiger partial charge < -0.3 is 14.5 Å². The van der Waals surface area contributed by atoms with Gasteiger partial charge in [0.2, 0.25) is 11.7 Å². The van der Waals surface area contributed by atoms with Crippen molar-refractivity contribution in [3.8, 4) is 11.6 Å². The topological polar surface area (TPSA) is 82.2 Å². The van der Waals surface area contributed by atoms with Gasteiger partial charge >= 0.3 is 0 Å². The van der Waals surface area contributed by atoms with Gasteiger partial charge in [-0.2, -0.15) is 0 Å². The Morgan fingerprint density at radius 3 is 2.86 bits per heavy atom. The molecule has 1 aliphatic heterocycles. The number of rotatable bonds is 8. The molecule has 2 unspecified atom stereocenters.